The molecule has 0 bridgehead atoms. The number of thiazole rings is 1. The van der Waals surface area contributed by atoms with E-state index >= 15 is 0 Å². The van der Waals surface area contributed by atoms with Gasteiger partial charge in [-0.25, -0.2) is 0 Å². The van der Waals surface area contributed by atoms with E-state index in [1.54, 1.807) is 18.3 Å². The number of hydrogen-bond acceptors (Lipinski definition) is 12. The van der Waals surface area contributed by atoms with Crippen LogP contribution in [-0.2, 0) is 38.6 Å². The molecule has 1 aliphatic carbocycles. The third-order valence-electron chi connectivity index (χ3n) is 6.10. The third kappa shape index (κ3) is 4.46. The molecule has 2 atom stereocenters. The number of rotatable bonds is 8. The number of nitrogens with zero attached hydrogens (tertiary/aromatic N) is 5. The van der Waals surface area contributed by atoms with Crippen molar-refractivity contribution >= 4 is 63.3 Å². The summed E-state index contributed by atoms with van der Waals surface area (Å²) in [5.41, 5.74) is 9.16. The van der Waals surface area contributed by atoms with Crippen LogP contribution in [-0.4, -0.2) is 61.5 Å². The van der Waals surface area contributed by atoms with Gasteiger partial charge in [-0.15, -0.1) is 11.8 Å². The molecule has 2 aromatic rings. The number of carbonyl (C=O) groups is 3. The van der Waals surface area contributed by atoms with Crippen LogP contribution in [0, 0.1) is 0 Å². The Kier molecular flexibility index (Phi) is 6.94. The number of nitrogens with one attached hydrogen (secondary N) is 1. The van der Waals surface area contributed by atoms with Crippen molar-refractivity contribution in [1.82, 2.24) is 19.6 Å². The van der Waals surface area contributed by atoms with Crippen LogP contribution in [0.2, 0.25) is 0 Å². The molecule has 0 spiro atoms. The highest BCUT2D eigenvalue weighted by Gasteiger charge is 2.53. The molecule has 36 heavy (non-hydrogen) atoms. The third-order valence-corrected chi connectivity index (χ3v) is 9.07. The smallest absolute Gasteiger partial charge is 0.278 e. The molecule has 1 saturated heterocycles. The predicted octanol–water partition coefficient (Wildman–Crippen LogP) is -0.807. The second-order valence-electron chi connectivity index (χ2n) is 8.34. The highest BCUT2D eigenvalue weighted by molar-refractivity contribution is 8.00. The Hall–Kier alpha value is -3.04. The minimum absolute atomic E-state index is 0.0166. The number of fused-ring (bicyclic) bond motifs is 2. The Bertz CT molecular complexity index is 1290. The van der Waals surface area contributed by atoms with Gasteiger partial charge in [-0.05, 0) is 26.2 Å². The molecule has 15 heteroatoms. The first-order valence-corrected chi connectivity index (χ1v) is 14.1. The van der Waals surface area contributed by atoms with Crippen molar-refractivity contribution in [2.24, 2.45) is 5.16 Å². The number of nitrogen functional groups attached to an aromatic ring is 1. The number of aromatic nitrogens is 3. The molecular formula is C21H23N7O5S3. The van der Waals surface area contributed by atoms with Crippen molar-refractivity contribution in [3.63, 3.8) is 0 Å². The van der Waals surface area contributed by atoms with Crippen LogP contribution in [0.5, 0.6) is 0 Å². The average Bonchev–Trinajstić information content (AvgIpc) is 3.48. The lowest BCUT2D eigenvalue weighted by Gasteiger charge is -2.50. The van der Waals surface area contributed by atoms with Crippen LogP contribution in [0.15, 0.2) is 21.9 Å². The average molecular weight is 550 g/mol. The molecule has 190 valence electrons. The fourth-order valence-corrected chi connectivity index (χ4v) is 7.31. The highest BCUT2D eigenvalue weighted by atomic mass is 32.2. The zero-order valence-electron chi connectivity index (χ0n) is 19.3. The number of aryl methyl sites for hydroxylation is 1. The van der Waals surface area contributed by atoms with Crippen LogP contribution >= 0.6 is 34.6 Å². The molecule has 2 aromatic heterocycles. The summed E-state index contributed by atoms with van der Waals surface area (Å²) in [6.07, 6.45) is 4.27. The van der Waals surface area contributed by atoms with Gasteiger partial charge in [-0.3, -0.25) is 14.5 Å². The maximum atomic E-state index is 13.1. The molecule has 1 fully saturated rings. The summed E-state index contributed by atoms with van der Waals surface area (Å²) in [7, 11) is 0. The van der Waals surface area contributed by atoms with Crippen molar-refractivity contribution in [3.05, 3.63) is 33.2 Å². The molecule has 3 N–H and O–H groups in total. The van der Waals surface area contributed by atoms with Crippen LogP contribution in [0.25, 0.3) is 0 Å². The Labute approximate surface area is 218 Å². The SMILES string of the molecule is CCO/N=C(/C(=O)N[C@@H]1C(=O)N2C(C(=O)[O-])=C(C[n+]3csc4c3CCCC4)CS[C@H]12)c1nsc(N)n1. The first-order chi connectivity index (χ1) is 17.4. The minimum Gasteiger partial charge on any atom is -0.543 e. The Morgan fingerprint density at radius 1 is 1.39 bits per heavy atom. The molecule has 12 nitrogen and oxygen atoms in total. The number of carboxylic acids is 1. The number of hydrogen-bond donors (Lipinski definition) is 2. The number of amides is 2. The molecule has 3 aliphatic rings. The lowest BCUT2D eigenvalue weighted by Crippen LogP contribution is -2.71. The van der Waals surface area contributed by atoms with Crippen molar-refractivity contribution in [2.45, 2.75) is 50.6 Å². The van der Waals surface area contributed by atoms with Gasteiger partial charge < -0.3 is 25.8 Å². The first kappa shape index (κ1) is 24.6. The van der Waals surface area contributed by atoms with Gasteiger partial charge in [0.1, 0.15) is 18.0 Å². The fourth-order valence-electron chi connectivity index (χ4n) is 4.47. The van der Waals surface area contributed by atoms with Gasteiger partial charge in [-0.1, -0.05) is 16.5 Å². The summed E-state index contributed by atoms with van der Waals surface area (Å²) in [5.74, 6) is -2.27. The van der Waals surface area contributed by atoms with Gasteiger partial charge in [0.05, 0.1) is 16.5 Å². The van der Waals surface area contributed by atoms with E-state index in [4.69, 9.17) is 10.6 Å². The maximum Gasteiger partial charge on any atom is 0.278 e. The molecule has 0 unspecified atom stereocenters. The van der Waals surface area contributed by atoms with E-state index < -0.39 is 29.2 Å². The Balaban J connectivity index is 1.35. The summed E-state index contributed by atoms with van der Waals surface area (Å²) < 4.78 is 6.08. The topological polar surface area (TPSA) is 167 Å². The lowest BCUT2D eigenvalue weighted by molar-refractivity contribution is -0.692. The Morgan fingerprint density at radius 3 is 2.92 bits per heavy atom. The summed E-state index contributed by atoms with van der Waals surface area (Å²) in [4.78, 5) is 49.7. The molecule has 0 saturated carbocycles. The second-order valence-corrected chi connectivity index (χ2v) is 11.2. The molecular weight excluding hydrogens is 526 g/mol. The van der Waals surface area contributed by atoms with Crippen LogP contribution < -0.4 is 20.7 Å². The largest absolute Gasteiger partial charge is 0.543 e. The zero-order valence-corrected chi connectivity index (χ0v) is 21.7. The van der Waals surface area contributed by atoms with E-state index in [0.29, 0.717) is 17.9 Å². The molecule has 2 aliphatic heterocycles. The molecule has 2 amide bonds. The normalized spacial score (nSPS) is 21.5. The van der Waals surface area contributed by atoms with Crippen LogP contribution in [0.1, 0.15) is 36.2 Å². The zero-order chi connectivity index (χ0) is 25.4. The Morgan fingerprint density at radius 2 is 2.19 bits per heavy atom. The molecule has 5 rings (SSSR count). The molecule has 0 radical (unpaired) electrons. The summed E-state index contributed by atoms with van der Waals surface area (Å²) in [5, 5.41) is 18.1. The monoisotopic (exact) mass is 549 g/mol. The number of β-lactam (4-membered cyclic amide) rings is 1. The number of carbonyl (C=O) groups excluding carboxylic acids is 3. The number of carboxylic acid groups (broad SMARTS) is 1. The fraction of sp³-hybridized carbons (Fsp3) is 0.476. The van der Waals surface area contributed by atoms with E-state index in [2.05, 4.69) is 24.4 Å². The summed E-state index contributed by atoms with van der Waals surface area (Å²) in [6.45, 7) is 2.29. The first-order valence-electron chi connectivity index (χ1n) is 11.4. The molecule has 0 aromatic carbocycles. The van der Waals surface area contributed by atoms with E-state index in [9.17, 15) is 19.5 Å². The van der Waals surface area contributed by atoms with Crippen molar-refractivity contribution in [3.8, 4) is 0 Å². The number of aliphatic carboxylic acids is 1. The second kappa shape index (κ2) is 10.1. The van der Waals surface area contributed by atoms with E-state index in [0.717, 1.165) is 37.2 Å². The van der Waals surface area contributed by atoms with Crippen LogP contribution in [0.4, 0.5) is 5.13 Å². The van der Waals surface area contributed by atoms with Crippen molar-refractivity contribution in [2.75, 3.05) is 18.1 Å². The van der Waals surface area contributed by atoms with Crippen molar-refractivity contribution < 1.29 is 28.9 Å². The van der Waals surface area contributed by atoms with E-state index in [1.165, 1.54) is 27.2 Å². The number of nitrogens with two attached hydrogens (primary N) is 1. The van der Waals surface area contributed by atoms with Gasteiger partial charge in [0.15, 0.2) is 17.4 Å². The van der Waals surface area contributed by atoms with Crippen LogP contribution in [0.3, 0.4) is 0 Å². The maximum absolute atomic E-state index is 13.1. The van der Waals surface area contributed by atoms with E-state index in [-0.39, 0.29) is 29.0 Å². The van der Waals surface area contributed by atoms with Gasteiger partial charge in [0.2, 0.25) is 17.0 Å². The number of oxime groups is 1. The van der Waals surface area contributed by atoms with Gasteiger partial charge in [0, 0.05) is 29.3 Å². The quantitative estimate of drug-likeness (QED) is 0.185. The number of anilines is 1. The number of thioether (sulfide) groups is 1. The van der Waals surface area contributed by atoms with Crippen molar-refractivity contribution in [1.29, 1.82) is 0 Å². The summed E-state index contributed by atoms with van der Waals surface area (Å²) >= 11 is 3.98. The van der Waals surface area contributed by atoms with Gasteiger partial charge in [0.25, 0.3) is 11.8 Å². The standard InChI is InChI=1S/C21H23N7O5S3/c1-2-33-25-13(16-24-21(22)36-26-16)17(29)23-14-18(30)28-15(20(31)32)10(8-34-19(14)28)7-27-9-35-12-6-4-3-5-11(12)27/h9,14,19H,2-8H2,1H3,(H3-,22,23,24,26,29,31,32)/b25-13+/t14-,19-/m1/s1. The van der Waals surface area contributed by atoms with Gasteiger partial charge in [-0.2, -0.15) is 13.9 Å². The lowest BCUT2D eigenvalue weighted by atomic mass is 10.0. The molecule has 4 heterocycles. The highest BCUT2D eigenvalue weighted by Crippen LogP contribution is 2.40. The predicted molar refractivity (Wildman–Crippen MR) is 131 cm³/mol. The van der Waals surface area contributed by atoms with Gasteiger partial charge >= 0.3 is 0 Å². The van der Waals surface area contributed by atoms with E-state index in [1.807, 2.05) is 5.51 Å². The summed E-state index contributed by atoms with van der Waals surface area (Å²) in [6, 6.07) is -0.942. The minimum atomic E-state index is -1.40.